The first-order chi connectivity index (χ1) is 9.99. The summed E-state index contributed by atoms with van der Waals surface area (Å²) in [6.45, 7) is 9.83. The number of phenolic OH excluding ortho intramolecular Hbond substituents is 1. The van der Waals surface area contributed by atoms with Crippen LogP contribution in [0.4, 0.5) is 0 Å². The molecule has 2 heteroatoms. The number of aryl methyl sites for hydroxylation is 2. The molecule has 0 spiro atoms. The van der Waals surface area contributed by atoms with Gasteiger partial charge in [0.25, 0.3) is 0 Å². The SMILES string of the molecule is Cc1cc(O)c2ccccc2c1CCC(C)CNC(C)C. The first-order valence-electron chi connectivity index (χ1n) is 7.92. The van der Waals surface area contributed by atoms with E-state index in [1.807, 2.05) is 18.2 Å². The number of phenols is 1. The minimum absolute atomic E-state index is 0.390. The Hall–Kier alpha value is -1.54. The fourth-order valence-electron chi connectivity index (χ4n) is 2.81. The minimum atomic E-state index is 0.390. The summed E-state index contributed by atoms with van der Waals surface area (Å²) >= 11 is 0. The second-order valence-corrected chi connectivity index (χ2v) is 6.44. The van der Waals surface area contributed by atoms with Crippen LogP contribution < -0.4 is 5.32 Å². The Morgan fingerprint density at radius 3 is 2.43 bits per heavy atom. The molecule has 1 atom stereocenters. The number of aromatic hydroxyl groups is 1. The van der Waals surface area contributed by atoms with Crippen molar-refractivity contribution in [1.82, 2.24) is 5.32 Å². The van der Waals surface area contributed by atoms with Crippen LogP contribution in [-0.2, 0) is 6.42 Å². The topological polar surface area (TPSA) is 32.3 Å². The lowest BCUT2D eigenvalue weighted by molar-refractivity contribution is 0.453. The van der Waals surface area contributed by atoms with Crippen LogP contribution in [0.1, 0.15) is 38.3 Å². The number of hydrogen-bond acceptors (Lipinski definition) is 2. The number of rotatable bonds is 6. The van der Waals surface area contributed by atoms with Gasteiger partial charge in [-0.3, -0.25) is 0 Å². The van der Waals surface area contributed by atoms with Crippen molar-refractivity contribution in [2.24, 2.45) is 5.92 Å². The van der Waals surface area contributed by atoms with Crippen molar-refractivity contribution in [2.45, 2.75) is 46.6 Å². The van der Waals surface area contributed by atoms with Crippen molar-refractivity contribution in [2.75, 3.05) is 6.54 Å². The Morgan fingerprint density at radius 2 is 1.76 bits per heavy atom. The summed E-state index contributed by atoms with van der Waals surface area (Å²) in [5, 5.41) is 15.7. The molecule has 0 heterocycles. The zero-order chi connectivity index (χ0) is 15.4. The molecule has 114 valence electrons. The monoisotopic (exact) mass is 285 g/mol. The van der Waals surface area contributed by atoms with Gasteiger partial charge in [-0.1, -0.05) is 45.0 Å². The minimum Gasteiger partial charge on any atom is -0.507 e. The standard InChI is InChI=1S/C19H27NO/c1-13(2)20-12-14(3)9-10-16-15(4)11-19(21)18-8-6-5-7-17(16)18/h5-8,11,13-14,20-21H,9-10,12H2,1-4H3. The highest BCUT2D eigenvalue weighted by atomic mass is 16.3. The van der Waals surface area contributed by atoms with E-state index >= 15 is 0 Å². The second kappa shape index (κ2) is 6.95. The van der Waals surface area contributed by atoms with Gasteiger partial charge < -0.3 is 10.4 Å². The zero-order valence-electron chi connectivity index (χ0n) is 13.6. The summed E-state index contributed by atoms with van der Waals surface area (Å²) < 4.78 is 0. The first-order valence-corrected chi connectivity index (χ1v) is 7.92. The maximum Gasteiger partial charge on any atom is 0.123 e. The van der Waals surface area contributed by atoms with Crippen LogP contribution >= 0.6 is 0 Å². The summed E-state index contributed by atoms with van der Waals surface area (Å²) in [7, 11) is 0. The van der Waals surface area contributed by atoms with Gasteiger partial charge >= 0.3 is 0 Å². The lowest BCUT2D eigenvalue weighted by Gasteiger charge is -2.17. The number of fused-ring (bicyclic) bond motifs is 1. The van der Waals surface area contributed by atoms with Gasteiger partial charge in [-0.25, -0.2) is 0 Å². The molecule has 2 N–H and O–H groups in total. The van der Waals surface area contributed by atoms with Gasteiger partial charge in [-0.05, 0) is 54.8 Å². The Morgan fingerprint density at radius 1 is 1.10 bits per heavy atom. The van der Waals surface area contributed by atoms with E-state index in [-0.39, 0.29) is 0 Å². The summed E-state index contributed by atoms with van der Waals surface area (Å²) in [4.78, 5) is 0. The highest BCUT2D eigenvalue weighted by Crippen LogP contribution is 2.31. The number of benzene rings is 2. The summed E-state index contributed by atoms with van der Waals surface area (Å²) in [5.41, 5.74) is 2.56. The molecule has 0 saturated heterocycles. The quantitative estimate of drug-likeness (QED) is 0.823. The highest BCUT2D eigenvalue weighted by molar-refractivity contribution is 5.91. The lowest BCUT2D eigenvalue weighted by Crippen LogP contribution is -2.28. The van der Waals surface area contributed by atoms with Crippen molar-refractivity contribution in [1.29, 1.82) is 0 Å². The van der Waals surface area contributed by atoms with E-state index in [0.29, 0.717) is 17.7 Å². The fraction of sp³-hybridized carbons (Fsp3) is 0.474. The molecule has 0 bridgehead atoms. The molecule has 0 aliphatic heterocycles. The van der Waals surface area contributed by atoms with Crippen LogP contribution in [0.2, 0.25) is 0 Å². The van der Waals surface area contributed by atoms with Crippen LogP contribution in [0.5, 0.6) is 5.75 Å². The Kier molecular flexibility index (Phi) is 5.24. The van der Waals surface area contributed by atoms with Gasteiger partial charge in [0, 0.05) is 11.4 Å². The van der Waals surface area contributed by atoms with E-state index in [2.05, 4.69) is 45.1 Å². The molecular formula is C19H27NO. The molecule has 2 aromatic rings. The molecule has 0 fully saturated rings. The van der Waals surface area contributed by atoms with Gasteiger partial charge in [0.05, 0.1) is 0 Å². The summed E-state index contributed by atoms with van der Waals surface area (Å²) in [6.07, 6.45) is 2.23. The summed E-state index contributed by atoms with van der Waals surface area (Å²) in [5.74, 6) is 1.04. The van der Waals surface area contributed by atoms with Crippen LogP contribution in [-0.4, -0.2) is 17.7 Å². The summed E-state index contributed by atoms with van der Waals surface area (Å²) in [6, 6.07) is 10.6. The lowest BCUT2D eigenvalue weighted by atomic mass is 9.92. The first kappa shape index (κ1) is 15.8. The van der Waals surface area contributed by atoms with Crippen molar-refractivity contribution in [3.8, 4) is 5.75 Å². The normalized spacial score (nSPS) is 13.0. The van der Waals surface area contributed by atoms with Gasteiger partial charge in [0.2, 0.25) is 0 Å². The van der Waals surface area contributed by atoms with E-state index in [1.54, 1.807) is 0 Å². The third kappa shape index (κ3) is 3.98. The smallest absolute Gasteiger partial charge is 0.123 e. The highest BCUT2D eigenvalue weighted by Gasteiger charge is 2.11. The van der Waals surface area contributed by atoms with Gasteiger partial charge in [-0.2, -0.15) is 0 Å². The number of nitrogens with one attached hydrogen (secondary N) is 1. The maximum absolute atomic E-state index is 10.1. The predicted octanol–water partition coefficient (Wildman–Crippen LogP) is 4.42. The molecule has 2 nitrogen and oxygen atoms in total. The molecular weight excluding hydrogens is 258 g/mol. The molecule has 0 aliphatic carbocycles. The van der Waals surface area contributed by atoms with Gasteiger partial charge in [0.15, 0.2) is 0 Å². The average molecular weight is 285 g/mol. The Bertz CT molecular complexity index is 604. The Labute approximate surface area is 128 Å². The third-order valence-corrected chi connectivity index (χ3v) is 4.12. The molecule has 2 rings (SSSR count). The van der Waals surface area contributed by atoms with Crippen LogP contribution in [0.3, 0.4) is 0 Å². The molecule has 1 unspecified atom stereocenters. The molecule has 2 aromatic carbocycles. The van der Waals surface area contributed by atoms with Crippen molar-refractivity contribution >= 4 is 10.8 Å². The van der Waals surface area contributed by atoms with Crippen molar-refractivity contribution in [3.05, 3.63) is 41.5 Å². The molecule has 0 aromatic heterocycles. The molecule has 21 heavy (non-hydrogen) atoms. The molecule has 0 amide bonds. The number of hydrogen-bond donors (Lipinski definition) is 2. The van der Waals surface area contributed by atoms with Crippen molar-refractivity contribution < 1.29 is 5.11 Å². The second-order valence-electron chi connectivity index (χ2n) is 6.44. The Balaban J connectivity index is 2.15. The molecule has 0 radical (unpaired) electrons. The zero-order valence-corrected chi connectivity index (χ0v) is 13.6. The molecule has 0 aliphatic rings. The molecule has 0 saturated carbocycles. The van der Waals surface area contributed by atoms with E-state index < -0.39 is 0 Å². The maximum atomic E-state index is 10.1. The van der Waals surface area contributed by atoms with Gasteiger partial charge in [-0.15, -0.1) is 0 Å². The van der Waals surface area contributed by atoms with E-state index in [4.69, 9.17) is 0 Å². The van der Waals surface area contributed by atoms with Crippen LogP contribution in [0.25, 0.3) is 10.8 Å². The van der Waals surface area contributed by atoms with Crippen molar-refractivity contribution in [3.63, 3.8) is 0 Å². The van der Waals surface area contributed by atoms with E-state index in [9.17, 15) is 5.11 Å². The predicted molar refractivity (Wildman–Crippen MR) is 91.0 cm³/mol. The third-order valence-electron chi connectivity index (χ3n) is 4.12. The average Bonchev–Trinajstić information content (AvgIpc) is 2.45. The van der Waals surface area contributed by atoms with E-state index in [1.165, 1.54) is 16.5 Å². The van der Waals surface area contributed by atoms with E-state index in [0.717, 1.165) is 24.8 Å². The van der Waals surface area contributed by atoms with Gasteiger partial charge in [0.1, 0.15) is 5.75 Å². The van der Waals surface area contributed by atoms with Crippen LogP contribution in [0.15, 0.2) is 30.3 Å². The van der Waals surface area contributed by atoms with Crippen LogP contribution in [0, 0.1) is 12.8 Å². The fourth-order valence-corrected chi connectivity index (χ4v) is 2.81. The largest absolute Gasteiger partial charge is 0.507 e.